The number of nitro benzene ring substituents is 2. The van der Waals surface area contributed by atoms with E-state index in [2.05, 4.69) is 15.9 Å². The van der Waals surface area contributed by atoms with Crippen molar-refractivity contribution in [1.29, 1.82) is 0 Å². The summed E-state index contributed by atoms with van der Waals surface area (Å²) in [5, 5.41) is 22.3. The molecule has 0 radical (unpaired) electrons. The lowest BCUT2D eigenvalue weighted by molar-refractivity contribution is -0.386. The summed E-state index contributed by atoms with van der Waals surface area (Å²) in [5.41, 5.74) is 2.75. The van der Waals surface area contributed by atoms with Crippen molar-refractivity contribution in [2.24, 2.45) is 0 Å². The van der Waals surface area contributed by atoms with Crippen LogP contribution in [0.25, 0.3) is 0 Å². The summed E-state index contributed by atoms with van der Waals surface area (Å²) in [6.07, 6.45) is -0.00290. The van der Waals surface area contributed by atoms with Gasteiger partial charge in [-0.25, -0.2) is 0 Å². The van der Waals surface area contributed by atoms with Gasteiger partial charge in [-0.3, -0.25) is 25.0 Å². The van der Waals surface area contributed by atoms with E-state index in [1.165, 1.54) is 24.3 Å². The predicted octanol–water partition coefficient (Wildman–Crippen LogP) is 7.00. The summed E-state index contributed by atoms with van der Waals surface area (Å²) in [7, 11) is 0. The SMILES string of the molecule is O=C(CBr)c1ccc(OCc2ccccc2)c([N+](=O)[O-])c1.O=[N+]([O-])c1cc(C2CO2)ccc1OCc1ccccc1. The van der Waals surface area contributed by atoms with E-state index in [4.69, 9.17) is 14.2 Å². The Kier molecular flexibility index (Phi) is 10.1. The first kappa shape index (κ1) is 29.4. The lowest BCUT2D eigenvalue weighted by atomic mass is 10.1. The van der Waals surface area contributed by atoms with Gasteiger partial charge in [-0.1, -0.05) is 82.7 Å². The molecule has 11 heteroatoms. The van der Waals surface area contributed by atoms with Gasteiger partial charge < -0.3 is 14.2 Å². The maximum Gasteiger partial charge on any atom is 0.311 e. The molecule has 0 amide bonds. The van der Waals surface area contributed by atoms with Crippen LogP contribution in [0.4, 0.5) is 11.4 Å². The maximum atomic E-state index is 11.6. The van der Waals surface area contributed by atoms with E-state index < -0.39 is 9.85 Å². The molecular weight excluding hydrogens is 596 g/mol. The Morgan fingerprint density at radius 2 is 1.27 bits per heavy atom. The summed E-state index contributed by atoms with van der Waals surface area (Å²) in [4.78, 5) is 32.8. The number of nitro groups is 2. The number of epoxide rings is 1. The first-order chi connectivity index (χ1) is 19.9. The highest BCUT2D eigenvalue weighted by Crippen LogP contribution is 2.36. The van der Waals surface area contributed by atoms with Crippen molar-refractivity contribution in [2.45, 2.75) is 19.3 Å². The summed E-state index contributed by atoms with van der Waals surface area (Å²) < 4.78 is 16.2. The van der Waals surface area contributed by atoms with E-state index in [1.807, 2.05) is 66.7 Å². The van der Waals surface area contributed by atoms with Crippen LogP contribution in [-0.4, -0.2) is 27.6 Å². The highest BCUT2D eigenvalue weighted by atomic mass is 79.9. The minimum absolute atomic E-state index is 0.00290. The van der Waals surface area contributed by atoms with Crippen molar-refractivity contribution in [3.8, 4) is 11.5 Å². The van der Waals surface area contributed by atoms with Crippen molar-refractivity contribution in [2.75, 3.05) is 11.9 Å². The van der Waals surface area contributed by atoms with E-state index in [9.17, 15) is 25.0 Å². The highest BCUT2D eigenvalue weighted by molar-refractivity contribution is 9.09. The largest absolute Gasteiger partial charge is 0.482 e. The molecule has 5 rings (SSSR count). The van der Waals surface area contributed by atoms with E-state index >= 15 is 0 Å². The maximum absolute atomic E-state index is 11.6. The van der Waals surface area contributed by atoms with Gasteiger partial charge in [0.1, 0.15) is 19.3 Å². The van der Waals surface area contributed by atoms with Gasteiger partial charge in [0, 0.05) is 17.7 Å². The number of hydrogen-bond donors (Lipinski definition) is 0. The molecule has 1 saturated heterocycles. The van der Waals surface area contributed by atoms with Gasteiger partial charge in [-0.15, -0.1) is 0 Å². The van der Waals surface area contributed by atoms with Gasteiger partial charge in [0.05, 0.1) is 21.8 Å². The quantitative estimate of drug-likeness (QED) is 0.0575. The number of nitrogens with zero attached hydrogens (tertiary/aromatic N) is 2. The number of hydrogen-bond acceptors (Lipinski definition) is 8. The van der Waals surface area contributed by atoms with Gasteiger partial charge in [0.25, 0.3) is 0 Å². The van der Waals surface area contributed by atoms with E-state index in [1.54, 1.807) is 6.07 Å². The summed E-state index contributed by atoms with van der Waals surface area (Å²) in [6, 6.07) is 28.1. The molecule has 1 aliphatic heterocycles. The fourth-order valence-corrected chi connectivity index (χ4v) is 4.07. The van der Waals surface area contributed by atoms with Crippen molar-refractivity contribution < 1.29 is 28.9 Å². The van der Waals surface area contributed by atoms with Crippen LogP contribution in [0.1, 0.15) is 33.2 Å². The van der Waals surface area contributed by atoms with Crippen molar-refractivity contribution in [1.82, 2.24) is 0 Å². The number of carbonyl (C=O) groups is 1. The van der Waals surface area contributed by atoms with Crippen LogP contribution in [0.15, 0.2) is 97.1 Å². The second-order valence-corrected chi connectivity index (χ2v) is 9.41. The summed E-state index contributed by atoms with van der Waals surface area (Å²) in [6.45, 7) is 1.16. The normalized spacial score (nSPS) is 13.3. The third-order valence-corrected chi connectivity index (χ3v) is 6.47. The topological polar surface area (TPSA) is 134 Å². The molecule has 0 aliphatic carbocycles. The average molecular weight is 621 g/mol. The van der Waals surface area contributed by atoms with Crippen LogP contribution < -0.4 is 9.47 Å². The molecule has 4 aromatic rings. The number of ether oxygens (including phenoxy) is 3. The zero-order chi connectivity index (χ0) is 29.2. The zero-order valence-corrected chi connectivity index (χ0v) is 23.3. The van der Waals surface area contributed by atoms with Gasteiger partial charge in [0.15, 0.2) is 17.3 Å². The lowest BCUT2D eigenvalue weighted by Crippen LogP contribution is -2.03. The van der Waals surface area contributed by atoms with Crippen LogP contribution in [-0.2, 0) is 18.0 Å². The third-order valence-electron chi connectivity index (χ3n) is 5.96. The first-order valence-corrected chi connectivity index (χ1v) is 13.6. The number of rotatable bonds is 11. The molecule has 1 aliphatic rings. The standard InChI is InChI=1S/C15H12BrNO4.C15H13NO4/c16-9-14(18)12-6-7-15(13(8-12)17(19)20)21-10-11-4-2-1-3-5-11;17-16(18)13-8-12(15-10-20-15)6-7-14(13)19-9-11-4-2-1-3-5-11/h1-8H,9-10H2;1-8,15H,9-10H2. The Bertz CT molecular complexity index is 1510. The third kappa shape index (κ3) is 8.44. The van der Waals surface area contributed by atoms with Gasteiger partial charge in [0.2, 0.25) is 0 Å². The van der Waals surface area contributed by atoms with Gasteiger partial charge in [-0.2, -0.15) is 0 Å². The number of Topliss-reactive ketones (excluding diaryl/α,β-unsaturated/α-hetero) is 1. The predicted molar refractivity (Wildman–Crippen MR) is 155 cm³/mol. The number of carbonyl (C=O) groups excluding carboxylic acids is 1. The molecule has 1 heterocycles. The van der Waals surface area contributed by atoms with Gasteiger partial charge >= 0.3 is 11.4 Å². The molecule has 0 aromatic heterocycles. The smallest absolute Gasteiger partial charge is 0.311 e. The molecule has 0 N–H and O–H groups in total. The molecule has 1 atom stereocenters. The number of halogens is 1. The van der Waals surface area contributed by atoms with Crippen molar-refractivity contribution >= 4 is 33.1 Å². The lowest BCUT2D eigenvalue weighted by Gasteiger charge is -2.08. The second-order valence-electron chi connectivity index (χ2n) is 8.85. The number of benzene rings is 4. The van der Waals surface area contributed by atoms with Crippen molar-refractivity contribution in [3.63, 3.8) is 0 Å². The molecule has 41 heavy (non-hydrogen) atoms. The van der Waals surface area contributed by atoms with Crippen molar-refractivity contribution in [3.05, 3.63) is 140 Å². The molecule has 4 aromatic carbocycles. The van der Waals surface area contributed by atoms with Crippen LogP contribution in [0.3, 0.4) is 0 Å². The Morgan fingerprint density at radius 3 is 1.73 bits per heavy atom. The Balaban J connectivity index is 0.000000189. The Hall–Kier alpha value is -4.61. The van der Waals surface area contributed by atoms with Crippen LogP contribution in [0.5, 0.6) is 11.5 Å². The van der Waals surface area contributed by atoms with E-state index in [-0.39, 0.29) is 52.3 Å². The molecule has 1 unspecified atom stereocenters. The molecule has 10 nitrogen and oxygen atoms in total. The molecule has 1 fully saturated rings. The van der Waals surface area contributed by atoms with Crippen LogP contribution >= 0.6 is 15.9 Å². The Morgan fingerprint density at radius 1 is 0.780 bits per heavy atom. The minimum atomic E-state index is -0.550. The molecular formula is C30H25BrN2O8. The number of ketones is 1. The molecule has 0 spiro atoms. The second kappa shape index (κ2) is 14.1. The van der Waals surface area contributed by atoms with Crippen LogP contribution in [0, 0.1) is 20.2 Å². The molecule has 210 valence electrons. The zero-order valence-electron chi connectivity index (χ0n) is 21.7. The highest BCUT2D eigenvalue weighted by Gasteiger charge is 2.28. The van der Waals surface area contributed by atoms with E-state index in [0.29, 0.717) is 13.2 Å². The van der Waals surface area contributed by atoms with E-state index in [0.717, 1.165) is 16.7 Å². The van der Waals surface area contributed by atoms with Crippen LogP contribution in [0.2, 0.25) is 0 Å². The fraction of sp³-hybridized carbons (Fsp3) is 0.167. The number of alkyl halides is 1. The monoisotopic (exact) mass is 620 g/mol. The summed E-state index contributed by atoms with van der Waals surface area (Å²) >= 11 is 3.04. The average Bonchev–Trinajstić information content (AvgIpc) is 3.85. The first-order valence-electron chi connectivity index (χ1n) is 12.5. The molecule has 0 saturated carbocycles. The minimum Gasteiger partial charge on any atom is -0.482 e. The summed E-state index contributed by atoms with van der Waals surface area (Å²) in [5.74, 6) is 0.214. The molecule has 0 bridgehead atoms. The Labute approximate surface area is 243 Å². The fourth-order valence-electron chi connectivity index (χ4n) is 3.74. The van der Waals surface area contributed by atoms with Gasteiger partial charge in [-0.05, 0) is 34.9 Å².